The number of hydrogen-bond acceptors (Lipinski definition) is 5. The van der Waals surface area contributed by atoms with E-state index in [4.69, 9.17) is 16.1 Å². The van der Waals surface area contributed by atoms with E-state index in [2.05, 4.69) is 26.4 Å². The standard InChI is InChI=1S/C23H25ClN4O2/c1-15-7-8-16(2)20(13-15)25-23(29)17-9-11-28(12-10-17)14-21-26-22(27-30-21)18-5-3-4-6-19(18)24/h3-8,13,17H,9-12,14H2,1-2H3,(H,25,29). The molecule has 1 fully saturated rings. The molecule has 4 rings (SSSR count). The summed E-state index contributed by atoms with van der Waals surface area (Å²) in [7, 11) is 0. The zero-order valence-electron chi connectivity index (χ0n) is 17.2. The Labute approximate surface area is 181 Å². The summed E-state index contributed by atoms with van der Waals surface area (Å²) in [6.45, 7) is 6.24. The first-order valence-corrected chi connectivity index (χ1v) is 10.6. The van der Waals surface area contributed by atoms with E-state index < -0.39 is 0 Å². The summed E-state index contributed by atoms with van der Waals surface area (Å²) in [5.41, 5.74) is 3.88. The van der Waals surface area contributed by atoms with Crippen molar-refractivity contribution >= 4 is 23.2 Å². The maximum Gasteiger partial charge on any atom is 0.241 e. The molecule has 0 spiro atoms. The molecule has 1 N–H and O–H groups in total. The number of likely N-dealkylation sites (tertiary alicyclic amines) is 1. The van der Waals surface area contributed by atoms with Crippen LogP contribution >= 0.6 is 11.6 Å². The van der Waals surface area contributed by atoms with Crippen molar-refractivity contribution in [3.05, 3.63) is 64.5 Å². The highest BCUT2D eigenvalue weighted by Gasteiger charge is 2.26. The van der Waals surface area contributed by atoms with Crippen molar-refractivity contribution in [2.75, 3.05) is 18.4 Å². The van der Waals surface area contributed by atoms with Crippen molar-refractivity contribution in [2.45, 2.75) is 33.2 Å². The summed E-state index contributed by atoms with van der Waals surface area (Å²) in [6.07, 6.45) is 1.62. The lowest BCUT2D eigenvalue weighted by molar-refractivity contribution is -0.121. The third kappa shape index (κ3) is 4.71. The van der Waals surface area contributed by atoms with Crippen LogP contribution in [0.3, 0.4) is 0 Å². The minimum atomic E-state index is 0.0162. The molecule has 1 amide bonds. The minimum absolute atomic E-state index is 0.0162. The van der Waals surface area contributed by atoms with Gasteiger partial charge in [-0.2, -0.15) is 4.98 Å². The molecule has 6 nitrogen and oxygen atoms in total. The second kappa shape index (κ2) is 8.98. The molecule has 3 aromatic rings. The van der Waals surface area contributed by atoms with Crippen molar-refractivity contribution < 1.29 is 9.32 Å². The SMILES string of the molecule is Cc1ccc(C)c(NC(=O)C2CCN(Cc3nc(-c4ccccc4Cl)no3)CC2)c1. The molecule has 156 valence electrons. The molecule has 7 heteroatoms. The second-order valence-electron chi connectivity index (χ2n) is 7.85. The van der Waals surface area contributed by atoms with Gasteiger partial charge in [0.15, 0.2) is 0 Å². The van der Waals surface area contributed by atoms with E-state index >= 15 is 0 Å². The van der Waals surface area contributed by atoms with Gasteiger partial charge in [-0.1, -0.05) is 41.0 Å². The van der Waals surface area contributed by atoms with Crippen molar-refractivity contribution in [3.63, 3.8) is 0 Å². The van der Waals surface area contributed by atoms with Gasteiger partial charge in [0.25, 0.3) is 0 Å². The number of rotatable bonds is 5. The van der Waals surface area contributed by atoms with Gasteiger partial charge in [-0.15, -0.1) is 0 Å². The Balaban J connectivity index is 1.31. The summed E-state index contributed by atoms with van der Waals surface area (Å²) >= 11 is 6.21. The third-order valence-corrected chi connectivity index (χ3v) is 5.88. The van der Waals surface area contributed by atoms with Crippen LogP contribution < -0.4 is 5.32 Å². The van der Waals surface area contributed by atoms with E-state index in [1.165, 1.54) is 0 Å². The van der Waals surface area contributed by atoms with Crippen LogP contribution in [0.1, 0.15) is 29.9 Å². The van der Waals surface area contributed by atoms with E-state index in [-0.39, 0.29) is 11.8 Å². The molecule has 0 saturated carbocycles. The number of benzene rings is 2. The first-order chi connectivity index (χ1) is 14.5. The summed E-state index contributed by atoms with van der Waals surface area (Å²) in [5.74, 6) is 1.17. The van der Waals surface area contributed by atoms with Crippen molar-refractivity contribution in [2.24, 2.45) is 5.92 Å². The Morgan fingerprint density at radius 3 is 2.73 bits per heavy atom. The average Bonchev–Trinajstić information content (AvgIpc) is 3.20. The number of amides is 1. The van der Waals surface area contributed by atoms with Gasteiger partial charge >= 0.3 is 0 Å². The zero-order valence-corrected chi connectivity index (χ0v) is 17.9. The monoisotopic (exact) mass is 424 g/mol. The van der Waals surface area contributed by atoms with Gasteiger partial charge in [0.05, 0.1) is 11.6 Å². The molecule has 1 aliphatic rings. The van der Waals surface area contributed by atoms with E-state index in [0.717, 1.165) is 48.3 Å². The number of carbonyl (C=O) groups excluding carboxylic acids is 1. The molecule has 0 unspecified atom stereocenters. The maximum absolute atomic E-state index is 12.7. The normalized spacial score (nSPS) is 15.3. The van der Waals surface area contributed by atoms with Gasteiger partial charge in [-0.3, -0.25) is 9.69 Å². The molecule has 1 saturated heterocycles. The fourth-order valence-corrected chi connectivity index (χ4v) is 3.94. The van der Waals surface area contributed by atoms with Crippen molar-refractivity contribution in [1.29, 1.82) is 0 Å². The Kier molecular flexibility index (Phi) is 6.16. The summed E-state index contributed by atoms with van der Waals surface area (Å²) in [6, 6.07) is 13.6. The average molecular weight is 425 g/mol. The van der Waals surface area contributed by atoms with Gasteiger partial charge < -0.3 is 9.84 Å². The van der Waals surface area contributed by atoms with Gasteiger partial charge in [0, 0.05) is 17.2 Å². The topological polar surface area (TPSA) is 71.3 Å². The van der Waals surface area contributed by atoms with Gasteiger partial charge in [-0.05, 0) is 69.1 Å². The number of hydrogen-bond donors (Lipinski definition) is 1. The smallest absolute Gasteiger partial charge is 0.241 e. The minimum Gasteiger partial charge on any atom is -0.338 e. The highest BCUT2D eigenvalue weighted by atomic mass is 35.5. The lowest BCUT2D eigenvalue weighted by atomic mass is 9.95. The van der Waals surface area contributed by atoms with E-state index in [1.807, 2.05) is 44.2 Å². The molecular formula is C23H25ClN4O2. The number of aromatic nitrogens is 2. The van der Waals surface area contributed by atoms with Gasteiger partial charge in [0.1, 0.15) is 0 Å². The van der Waals surface area contributed by atoms with Crippen molar-refractivity contribution in [1.82, 2.24) is 15.0 Å². The molecule has 2 heterocycles. The molecule has 2 aromatic carbocycles. The zero-order chi connectivity index (χ0) is 21.1. The molecule has 30 heavy (non-hydrogen) atoms. The summed E-state index contributed by atoms with van der Waals surface area (Å²) in [5, 5.41) is 7.76. The van der Waals surface area contributed by atoms with Crippen LogP contribution in [-0.4, -0.2) is 34.0 Å². The third-order valence-electron chi connectivity index (χ3n) is 5.55. The van der Waals surface area contributed by atoms with Gasteiger partial charge in [0.2, 0.25) is 17.6 Å². The number of carbonyl (C=O) groups is 1. The Hall–Kier alpha value is -2.70. The molecule has 1 aromatic heterocycles. The first kappa shape index (κ1) is 20.6. The van der Waals surface area contributed by atoms with Crippen LogP contribution in [0.5, 0.6) is 0 Å². The van der Waals surface area contributed by atoms with Crippen LogP contribution in [0.2, 0.25) is 5.02 Å². The molecule has 0 radical (unpaired) electrons. The summed E-state index contributed by atoms with van der Waals surface area (Å²) < 4.78 is 5.41. The second-order valence-corrected chi connectivity index (χ2v) is 8.26. The number of nitrogens with one attached hydrogen (secondary N) is 1. The lowest BCUT2D eigenvalue weighted by Crippen LogP contribution is -2.37. The van der Waals surface area contributed by atoms with E-state index in [9.17, 15) is 4.79 Å². The molecule has 1 aliphatic heterocycles. The maximum atomic E-state index is 12.7. The highest BCUT2D eigenvalue weighted by molar-refractivity contribution is 6.33. The largest absolute Gasteiger partial charge is 0.338 e. The molecular weight excluding hydrogens is 400 g/mol. The Morgan fingerprint density at radius 2 is 1.97 bits per heavy atom. The van der Waals surface area contributed by atoms with Crippen LogP contribution in [0.15, 0.2) is 47.0 Å². The highest BCUT2D eigenvalue weighted by Crippen LogP contribution is 2.26. The number of piperidine rings is 1. The predicted octanol–water partition coefficient (Wildman–Crippen LogP) is 4.86. The summed E-state index contributed by atoms with van der Waals surface area (Å²) in [4.78, 5) is 19.4. The van der Waals surface area contributed by atoms with Gasteiger partial charge in [-0.25, -0.2) is 0 Å². The number of halogens is 1. The Morgan fingerprint density at radius 1 is 1.20 bits per heavy atom. The number of nitrogens with zero attached hydrogens (tertiary/aromatic N) is 3. The van der Waals surface area contributed by atoms with Crippen LogP contribution in [0, 0.1) is 19.8 Å². The number of aryl methyl sites for hydroxylation is 2. The van der Waals surface area contributed by atoms with Crippen LogP contribution in [0.25, 0.3) is 11.4 Å². The van der Waals surface area contributed by atoms with Crippen LogP contribution in [0.4, 0.5) is 5.69 Å². The first-order valence-electron chi connectivity index (χ1n) is 10.2. The predicted molar refractivity (Wildman–Crippen MR) is 117 cm³/mol. The van der Waals surface area contributed by atoms with Crippen molar-refractivity contribution in [3.8, 4) is 11.4 Å². The molecule has 0 bridgehead atoms. The quantitative estimate of drug-likeness (QED) is 0.633. The number of anilines is 1. The van der Waals surface area contributed by atoms with Crippen LogP contribution in [-0.2, 0) is 11.3 Å². The van der Waals surface area contributed by atoms with E-state index in [0.29, 0.717) is 23.3 Å². The van der Waals surface area contributed by atoms with E-state index in [1.54, 1.807) is 6.07 Å². The fraction of sp³-hybridized carbons (Fsp3) is 0.348. The Bertz CT molecular complexity index is 1040. The fourth-order valence-electron chi connectivity index (χ4n) is 3.72. The lowest BCUT2D eigenvalue weighted by Gasteiger charge is -2.30. The molecule has 0 aliphatic carbocycles. The molecule has 0 atom stereocenters.